The minimum absolute atomic E-state index is 0.716. The lowest BCUT2D eigenvalue weighted by atomic mass is 10.0. The summed E-state index contributed by atoms with van der Waals surface area (Å²) in [5, 5.41) is 0. The molecule has 0 amide bonds. The fraction of sp³-hybridized carbons (Fsp3) is 1.00. The van der Waals surface area contributed by atoms with Crippen molar-refractivity contribution in [1.29, 1.82) is 0 Å². The summed E-state index contributed by atoms with van der Waals surface area (Å²) in [6, 6.07) is 1.51. The van der Waals surface area contributed by atoms with Gasteiger partial charge in [-0.25, -0.2) is 0 Å². The topological polar surface area (TPSA) is 15.7 Å². The van der Waals surface area contributed by atoms with Gasteiger partial charge in [0.05, 0.1) is 0 Å². The van der Waals surface area contributed by atoms with Crippen LogP contribution >= 0.6 is 0 Å². The maximum absolute atomic E-state index is 5.17. The van der Waals surface area contributed by atoms with Crippen molar-refractivity contribution in [3.63, 3.8) is 0 Å². The Morgan fingerprint density at radius 3 is 2.15 bits per heavy atom. The molecule has 3 nitrogen and oxygen atoms in total. The molecule has 0 bridgehead atoms. The Morgan fingerprint density at radius 1 is 1.15 bits per heavy atom. The van der Waals surface area contributed by atoms with Gasteiger partial charge in [0.25, 0.3) is 0 Å². The molecule has 2 aliphatic rings. The lowest BCUT2D eigenvalue weighted by molar-refractivity contribution is -0.172. The molecule has 0 spiro atoms. The number of ether oxygens (including phenoxy) is 1. The van der Waals surface area contributed by atoms with Crippen molar-refractivity contribution >= 4 is 0 Å². The molecule has 0 saturated carbocycles. The quantitative estimate of drug-likeness (QED) is 0.639. The van der Waals surface area contributed by atoms with E-state index in [-0.39, 0.29) is 0 Å². The van der Waals surface area contributed by atoms with Gasteiger partial charge in [0, 0.05) is 12.1 Å². The SMILES string of the molecule is CC(C)N1CCC(N2COC2)CC1. The van der Waals surface area contributed by atoms with Crippen LogP contribution in [0.25, 0.3) is 0 Å². The Bertz CT molecular complexity index is 160. The van der Waals surface area contributed by atoms with E-state index in [0.29, 0.717) is 6.04 Å². The predicted octanol–water partition coefficient (Wildman–Crippen LogP) is 1.11. The van der Waals surface area contributed by atoms with E-state index in [2.05, 4.69) is 23.6 Å². The Kier molecular flexibility index (Phi) is 2.86. The summed E-state index contributed by atoms with van der Waals surface area (Å²) in [7, 11) is 0. The van der Waals surface area contributed by atoms with Crippen LogP contribution in [0.3, 0.4) is 0 Å². The second-order valence-corrected chi connectivity index (χ2v) is 4.41. The van der Waals surface area contributed by atoms with Gasteiger partial charge in [0.1, 0.15) is 13.5 Å². The zero-order valence-electron chi connectivity index (χ0n) is 8.70. The molecule has 0 atom stereocenters. The molecule has 0 radical (unpaired) electrons. The first-order valence-electron chi connectivity index (χ1n) is 5.33. The van der Waals surface area contributed by atoms with Gasteiger partial charge in [-0.2, -0.15) is 0 Å². The molecule has 76 valence electrons. The normalized spacial score (nSPS) is 27.9. The third-order valence-corrected chi connectivity index (χ3v) is 3.26. The van der Waals surface area contributed by atoms with Crippen LogP contribution < -0.4 is 0 Å². The molecule has 2 saturated heterocycles. The molecule has 2 heterocycles. The van der Waals surface area contributed by atoms with Crippen LogP contribution in [0.4, 0.5) is 0 Å². The van der Waals surface area contributed by atoms with E-state index in [1.165, 1.54) is 25.9 Å². The summed E-state index contributed by atoms with van der Waals surface area (Å²) in [5.74, 6) is 0. The van der Waals surface area contributed by atoms with E-state index in [4.69, 9.17) is 4.74 Å². The highest BCUT2D eigenvalue weighted by atomic mass is 16.5. The molecule has 2 aliphatic heterocycles. The first-order chi connectivity index (χ1) is 6.27. The fourth-order valence-electron chi connectivity index (χ4n) is 2.17. The highest BCUT2D eigenvalue weighted by Gasteiger charge is 2.28. The lowest BCUT2D eigenvalue weighted by Gasteiger charge is -2.43. The molecular weight excluding hydrogens is 164 g/mol. The third kappa shape index (κ3) is 2.03. The summed E-state index contributed by atoms with van der Waals surface area (Å²) >= 11 is 0. The molecule has 0 N–H and O–H groups in total. The molecule has 0 unspecified atom stereocenters. The molecule has 0 aromatic carbocycles. The zero-order chi connectivity index (χ0) is 9.26. The van der Waals surface area contributed by atoms with Crippen molar-refractivity contribution in [3.05, 3.63) is 0 Å². The van der Waals surface area contributed by atoms with Gasteiger partial charge in [-0.05, 0) is 39.8 Å². The molecule has 2 rings (SSSR count). The summed E-state index contributed by atoms with van der Waals surface area (Å²) in [6.07, 6.45) is 2.64. The highest BCUT2D eigenvalue weighted by Crippen LogP contribution is 2.20. The lowest BCUT2D eigenvalue weighted by Crippen LogP contribution is -2.52. The van der Waals surface area contributed by atoms with Crippen LogP contribution in [0.1, 0.15) is 26.7 Å². The number of hydrogen-bond donors (Lipinski definition) is 0. The monoisotopic (exact) mass is 184 g/mol. The van der Waals surface area contributed by atoms with Gasteiger partial charge < -0.3 is 9.64 Å². The number of hydrogen-bond acceptors (Lipinski definition) is 3. The van der Waals surface area contributed by atoms with E-state index in [1.54, 1.807) is 0 Å². The smallest absolute Gasteiger partial charge is 0.103 e. The largest absolute Gasteiger partial charge is 0.351 e. The molecule has 0 aliphatic carbocycles. The maximum Gasteiger partial charge on any atom is 0.103 e. The molecule has 3 heteroatoms. The average molecular weight is 184 g/mol. The van der Waals surface area contributed by atoms with Crippen molar-refractivity contribution in [3.8, 4) is 0 Å². The summed E-state index contributed by atoms with van der Waals surface area (Å²) in [5.41, 5.74) is 0. The molecular formula is C10H20N2O. The van der Waals surface area contributed by atoms with E-state index in [9.17, 15) is 0 Å². The van der Waals surface area contributed by atoms with Gasteiger partial charge in [-0.1, -0.05) is 0 Å². The Labute approximate surface area is 80.6 Å². The van der Waals surface area contributed by atoms with E-state index < -0.39 is 0 Å². The van der Waals surface area contributed by atoms with Crippen LogP contribution in [0.5, 0.6) is 0 Å². The molecule has 13 heavy (non-hydrogen) atoms. The average Bonchev–Trinajstić information content (AvgIpc) is 2.02. The molecule has 0 aromatic heterocycles. The zero-order valence-corrected chi connectivity index (χ0v) is 8.70. The molecule has 0 aromatic rings. The van der Waals surface area contributed by atoms with Gasteiger partial charge >= 0.3 is 0 Å². The van der Waals surface area contributed by atoms with Crippen molar-refractivity contribution in [1.82, 2.24) is 9.80 Å². The number of piperidine rings is 1. The third-order valence-electron chi connectivity index (χ3n) is 3.26. The highest BCUT2D eigenvalue weighted by molar-refractivity contribution is 4.80. The van der Waals surface area contributed by atoms with Crippen molar-refractivity contribution in [2.45, 2.75) is 38.8 Å². The van der Waals surface area contributed by atoms with Crippen LogP contribution in [0.15, 0.2) is 0 Å². The van der Waals surface area contributed by atoms with Crippen LogP contribution in [-0.2, 0) is 4.74 Å². The second kappa shape index (κ2) is 3.95. The summed E-state index contributed by atoms with van der Waals surface area (Å²) in [4.78, 5) is 5.01. The maximum atomic E-state index is 5.17. The van der Waals surface area contributed by atoms with Crippen molar-refractivity contribution < 1.29 is 4.74 Å². The Balaban J connectivity index is 1.75. The predicted molar refractivity (Wildman–Crippen MR) is 52.4 cm³/mol. The number of rotatable bonds is 2. The first-order valence-corrected chi connectivity index (χ1v) is 5.33. The number of likely N-dealkylation sites (tertiary alicyclic amines) is 1. The van der Waals surface area contributed by atoms with Gasteiger partial charge in [0.15, 0.2) is 0 Å². The van der Waals surface area contributed by atoms with E-state index >= 15 is 0 Å². The van der Waals surface area contributed by atoms with E-state index in [0.717, 1.165) is 19.5 Å². The standard InChI is InChI=1S/C10H20N2O/c1-9(2)11-5-3-10(4-6-11)12-7-13-8-12/h9-10H,3-8H2,1-2H3. The van der Waals surface area contributed by atoms with Crippen LogP contribution in [0.2, 0.25) is 0 Å². The summed E-state index contributed by atoms with van der Waals surface area (Å²) < 4.78 is 5.17. The van der Waals surface area contributed by atoms with Crippen molar-refractivity contribution in [2.75, 3.05) is 26.6 Å². The first kappa shape index (κ1) is 9.44. The summed E-state index contributed by atoms with van der Waals surface area (Å²) in [6.45, 7) is 8.83. The molecule has 2 fully saturated rings. The van der Waals surface area contributed by atoms with Gasteiger partial charge in [-0.15, -0.1) is 0 Å². The van der Waals surface area contributed by atoms with E-state index in [1.807, 2.05) is 0 Å². The van der Waals surface area contributed by atoms with Crippen LogP contribution in [0, 0.1) is 0 Å². The Morgan fingerprint density at radius 2 is 1.77 bits per heavy atom. The fourth-order valence-corrected chi connectivity index (χ4v) is 2.17. The second-order valence-electron chi connectivity index (χ2n) is 4.41. The van der Waals surface area contributed by atoms with Gasteiger partial charge in [-0.3, -0.25) is 4.90 Å². The van der Waals surface area contributed by atoms with Crippen molar-refractivity contribution in [2.24, 2.45) is 0 Å². The minimum atomic E-state index is 0.716. The number of nitrogens with zero attached hydrogens (tertiary/aromatic N) is 2. The van der Waals surface area contributed by atoms with Gasteiger partial charge in [0.2, 0.25) is 0 Å². The Hall–Kier alpha value is -0.120. The minimum Gasteiger partial charge on any atom is -0.351 e. The van der Waals surface area contributed by atoms with Crippen LogP contribution in [-0.4, -0.2) is 48.4 Å².